The van der Waals surface area contributed by atoms with Gasteiger partial charge in [-0.1, -0.05) is 24.3 Å². The van der Waals surface area contributed by atoms with E-state index in [0.717, 1.165) is 12.1 Å². The van der Waals surface area contributed by atoms with Crippen LogP contribution in [0.3, 0.4) is 0 Å². The van der Waals surface area contributed by atoms with Crippen LogP contribution in [0.1, 0.15) is 11.1 Å². The number of nitro groups is 1. The average Bonchev–Trinajstić information content (AvgIpc) is 2.45. The molecule has 0 amide bonds. The normalized spacial score (nSPS) is 11.2. The van der Waals surface area contributed by atoms with E-state index in [1.807, 2.05) is 0 Å². The fraction of sp³-hybridized carbons (Fsp3) is 0.143. The Hall–Kier alpha value is -2.57. The van der Waals surface area contributed by atoms with Crippen molar-refractivity contribution in [2.24, 2.45) is 0 Å². The van der Waals surface area contributed by atoms with Crippen molar-refractivity contribution in [2.45, 2.75) is 12.8 Å². The first kappa shape index (κ1) is 14.8. The maximum absolute atomic E-state index is 12.6. The van der Waals surface area contributed by atoms with E-state index in [1.165, 1.54) is 30.3 Å². The molecular formula is C14H10F3NO3. The van der Waals surface area contributed by atoms with Gasteiger partial charge >= 0.3 is 11.9 Å². The molecule has 7 heteroatoms. The van der Waals surface area contributed by atoms with E-state index in [2.05, 4.69) is 0 Å². The number of nitrogens with zero attached hydrogens (tertiary/aromatic N) is 1. The van der Waals surface area contributed by atoms with Crippen LogP contribution >= 0.6 is 0 Å². The standard InChI is InChI=1S/C14H10F3NO3/c15-14(16,17)11-5-3-4-10(8-11)9-21-13-7-2-1-6-12(13)18(19)20/h1-8H,9H2. The third kappa shape index (κ3) is 3.71. The number of alkyl halides is 3. The van der Waals surface area contributed by atoms with Gasteiger partial charge in [-0.3, -0.25) is 10.1 Å². The van der Waals surface area contributed by atoms with Crippen molar-refractivity contribution in [3.63, 3.8) is 0 Å². The Labute approximate surface area is 117 Å². The predicted molar refractivity (Wildman–Crippen MR) is 68.9 cm³/mol. The number of halogens is 3. The molecule has 0 aliphatic rings. The van der Waals surface area contributed by atoms with Crippen molar-refractivity contribution in [2.75, 3.05) is 0 Å². The second kappa shape index (κ2) is 5.82. The largest absolute Gasteiger partial charge is 0.482 e. The third-order valence-electron chi connectivity index (χ3n) is 2.71. The summed E-state index contributed by atoms with van der Waals surface area (Å²) in [5.74, 6) is 0.0138. The summed E-state index contributed by atoms with van der Waals surface area (Å²) >= 11 is 0. The second-order valence-corrected chi connectivity index (χ2v) is 4.21. The molecule has 0 radical (unpaired) electrons. The molecule has 2 aromatic rings. The number of ether oxygens (including phenoxy) is 1. The molecule has 0 fully saturated rings. The Balaban J connectivity index is 2.16. The number of hydrogen-bond acceptors (Lipinski definition) is 3. The van der Waals surface area contributed by atoms with E-state index >= 15 is 0 Å². The van der Waals surface area contributed by atoms with Gasteiger partial charge in [0.1, 0.15) is 6.61 Å². The molecule has 0 atom stereocenters. The predicted octanol–water partition coefficient (Wildman–Crippen LogP) is 4.19. The Kier molecular flexibility index (Phi) is 4.11. The highest BCUT2D eigenvalue weighted by Gasteiger charge is 2.30. The number of rotatable bonds is 4. The monoisotopic (exact) mass is 297 g/mol. The number of para-hydroxylation sites is 2. The maximum Gasteiger partial charge on any atom is 0.416 e. The summed E-state index contributed by atoms with van der Waals surface area (Å²) in [5, 5.41) is 10.8. The van der Waals surface area contributed by atoms with E-state index in [-0.39, 0.29) is 23.6 Å². The maximum atomic E-state index is 12.6. The highest BCUT2D eigenvalue weighted by atomic mass is 19.4. The lowest BCUT2D eigenvalue weighted by molar-refractivity contribution is -0.385. The number of hydrogen-bond donors (Lipinski definition) is 0. The minimum atomic E-state index is -4.44. The van der Waals surface area contributed by atoms with E-state index < -0.39 is 16.7 Å². The molecule has 0 aliphatic carbocycles. The summed E-state index contributed by atoms with van der Waals surface area (Å²) in [7, 11) is 0. The lowest BCUT2D eigenvalue weighted by Gasteiger charge is -2.10. The zero-order chi connectivity index (χ0) is 15.5. The smallest absolute Gasteiger partial charge is 0.416 e. The van der Waals surface area contributed by atoms with Crippen LogP contribution < -0.4 is 4.74 Å². The van der Waals surface area contributed by atoms with Crippen molar-refractivity contribution in [3.8, 4) is 5.75 Å². The second-order valence-electron chi connectivity index (χ2n) is 4.21. The van der Waals surface area contributed by atoms with Gasteiger partial charge in [-0.15, -0.1) is 0 Å². The van der Waals surface area contributed by atoms with E-state index in [4.69, 9.17) is 4.74 Å². The van der Waals surface area contributed by atoms with Gasteiger partial charge in [0.05, 0.1) is 10.5 Å². The van der Waals surface area contributed by atoms with Crippen LogP contribution in [0, 0.1) is 10.1 Å². The van der Waals surface area contributed by atoms with Crippen LogP contribution in [0.25, 0.3) is 0 Å². The SMILES string of the molecule is O=[N+]([O-])c1ccccc1OCc1cccc(C(F)(F)F)c1. The van der Waals surface area contributed by atoms with Crippen molar-refractivity contribution in [1.29, 1.82) is 0 Å². The quantitative estimate of drug-likeness (QED) is 0.628. The molecule has 21 heavy (non-hydrogen) atoms. The van der Waals surface area contributed by atoms with Gasteiger partial charge in [0.15, 0.2) is 5.75 Å². The summed E-state index contributed by atoms with van der Waals surface area (Å²) in [6.07, 6.45) is -4.44. The highest BCUT2D eigenvalue weighted by molar-refractivity contribution is 5.45. The first-order valence-electron chi connectivity index (χ1n) is 5.90. The molecule has 0 N–H and O–H groups in total. The summed E-state index contributed by atoms with van der Waals surface area (Å²) in [4.78, 5) is 10.2. The van der Waals surface area contributed by atoms with Gasteiger partial charge in [0, 0.05) is 6.07 Å². The Morgan fingerprint density at radius 2 is 1.81 bits per heavy atom. The molecule has 0 bridgehead atoms. The van der Waals surface area contributed by atoms with Crippen LogP contribution in [0.5, 0.6) is 5.75 Å². The van der Waals surface area contributed by atoms with Gasteiger partial charge in [-0.2, -0.15) is 13.2 Å². The Bertz CT molecular complexity index is 656. The zero-order valence-corrected chi connectivity index (χ0v) is 10.6. The fourth-order valence-corrected chi connectivity index (χ4v) is 1.73. The topological polar surface area (TPSA) is 52.4 Å². The van der Waals surface area contributed by atoms with E-state index in [9.17, 15) is 23.3 Å². The van der Waals surface area contributed by atoms with Crippen LogP contribution in [0.4, 0.5) is 18.9 Å². The number of nitro benzene ring substituents is 1. The van der Waals surface area contributed by atoms with Crippen LogP contribution in [-0.2, 0) is 12.8 Å². The molecule has 4 nitrogen and oxygen atoms in total. The van der Waals surface area contributed by atoms with Crippen molar-refractivity contribution in [1.82, 2.24) is 0 Å². The first-order valence-corrected chi connectivity index (χ1v) is 5.90. The third-order valence-corrected chi connectivity index (χ3v) is 2.71. The molecule has 0 unspecified atom stereocenters. The van der Waals surface area contributed by atoms with Crippen molar-refractivity contribution < 1.29 is 22.8 Å². The summed E-state index contributed by atoms with van der Waals surface area (Å²) in [6, 6.07) is 10.3. The fourth-order valence-electron chi connectivity index (χ4n) is 1.73. The van der Waals surface area contributed by atoms with Gasteiger partial charge in [-0.05, 0) is 23.8 Å². The van der Waals surface area contributed by atoms with Crippen LogP contribution in [0.2, 0.25) is 0 Å². The first-order chi connectivity index (χ1) is 9.88. The molecule has 0 heterocycles. The molecule has 2 aromatic carbocycles. The molecule has 0 saturated heterocycles. The lowest BCUT2D eigenvalue weighted by atomic mass is 10.1. The van der Waals surface area contributed by atoms with Gasteiger partial charge in [0.2, 0.25) is 0 Å². The Morgan fingerprint density at radius 1 is 1.10 bits per heavy atom. The molecule has 0 spiro atoms. The number of benzene rings is 2. The van der Waals surface area contributed by atoms with Crippen LogP contribution in [-0.4, -0.2) is 4.92 Å². The average molecular weight is 297 g/mol. The minimum absolute atomic E-state index is 0.0138. The summed E-state index contributed by atoms with van der Waals surface area (Å²) < 4.78 is 43.0. The Morgan fingerprint density at radius 3 is 2.48 bits per heavy atom. The summed E-state index contributed by atoms with van der Waals surface area (Å²) in [6.45, 7) is -0.186. The van der Waals surface area contributed by atoms with Crippen LogP contribution in [0.15, 0.2) is 48.5 Å². The van der Waals surface area contributed by atoms with Gasteiger partial charge in [-0.25, -0.2) is 0 Å². The molecule has 0 saturated carbocycles. The molecular weight excluding hydrogens is 287 g/mol. The molecule has 2 rings (SSSR count). The van der Waals surface area contributed by atoms with E-state index in [1.54, 1.807) is 6.07 Å². The highest BCUT2D eigenvalue weighted by Crippen LogP contribution is 2.30. The van der Waals surface area contributed by atoms with Gasteiger partial charge < -0.3 is 4.74 Å². The van der Waals surface area contributed by atoms with Gasteiger partial charge in [0.25, 0.3) is 0 Å². The lowest BCUT2D eigenvalue weighted by Crippen LogP contribution is -2.06. The van der Waals surface area contributed by atoms with Crippen molar-refractivity contribution >= 4 is 5.69 Å². The summed E-state index contributed by atoms with van der Waals surface area (Å²) in [5.41, 5.74) is -0.737. The molecule has 0 aliphatic heterocycles. The van der Waals surface area contributed by atoms with E-state index in [0.29, 0.717) is 0 Å². The van der Waals surface area contributed by atoms with Crippen molar-refractivity contribution in [3.05, 3.63) is 69.8 Å². The molecule has 0 aromatic heterocycles. The molecule has 110 valence electrons. The minimum Gasteiger partial charge on any atom is -0.482 e. The zero-order valence-electron chi connectivity index (χ0n) is 10.6.